The zero-order valence-electron chi connectivity index (χ0n) is 22.9. The maximum atomic E-state index is 13.8. The van der Waals surface area contributed by atoms with Gasteiger partial charge in [0.15, 0.2) is 0 Å². The number of ether oxygens (including phenoxy) is 2. The Morgan fingerprint density at radius 3 is 2.37 bits per heavy atom. The van der Waals surface area contributed by atoms with E-state index in [4.69, 9.17) is 15.2 Å². The van der Waals surface area contributed by atoms with Crippen LogP contribution in [0.1, 0.15) is 71.0 Å². The van der Waals surface area contributed by atoms with Gasteiger partial charge in [0.05, 0.1) is 13.0 Å². The van der Waals surface area contributed by atoms with Crippen LogP contribution in [0.15, 0.2) is 30.8 Å². The highest BCUT2D eigenvalue weighted by Crippen LogP contribution is 2.24. The number of benzene rings is 1. The molecule has 0 aliphatic rings. The molecule has 1 aromatic rings. The summed E-state index contributed by atoms with van der Waals surface area (Å²) < 4.78 is 10.2. The summed E-state index contributed by atoms with van der Waals surface area (Å²) in [7, 11) is 0. The fourth-order valence-electron chi connectivity index (χ4n) is 3.61. The number of likely N-dealkylation sites (N-methyl/N-ethyl adjacent to an activating group) is 1. The Kier molecular flexibility index (Phi) is 13.0. The number of alkyl carbamates (subject to hydrolysis) is 1. The van der Waals surface area contributed by atoms with Crippen molar-refractivity contribution in [2.45, 2.75) is 71.6 Å². The van der Waals surface area contributed by atoms with Gasteiger partial charge in [-0.1, -0.05) is 30.9 Å². The normalized spacial score (nSPS) is 12.4. The Morgan fingerprint density at radius 2 is 1.82 bits per heavy atom. The van der Waals surface area contributed by atoms with Crippen LogP contribution in [0, 0.1) is 0 Å². The highest BCUT2D eigenvalue weighted by Gasteiger charge is 2.35. The van der Waals surface area contributed by atoms with E-state index in [9.17, 15) is 24.0 Å². The number of carbonyl (C=O) groups is 5. The number of nitrogens with zero attached hydrogens (tertiary/aromatic N) is 1. The number of rotatable bonds is 14. The van der Waals surface area contributed by atoms with Crippen molar-refractivity contribution in [1.82, 2.24) is 15.5 Å². The van der Waals surface area contributed by atoms with Gasteiger partial charge in [-0.05, 0) is 58.2 Å². The smallest absolute Gasteiger partial charge is 0.408 e. The standard InChI is InChI=1S/C27H40N4O7/c1-7-18-11-10-12-19(17-18)23(24(34)29-16-15-22(33)37-9-3)31(8-2)25(35)20(13-14-21(28)32)30-26(36)38-27(4,5)6/h7,10-12,17,20,23H,1,8-9,13-16H2,2-6H3,(H2,28,32)(H,29,34)(H,30,36). The van der Waals surface area contributed by atoms with Gasteiger partial charge in [-0.25, -0.2) is 4.79 Å². The summed E-state index contributed by atoms with van der Waals surface area (Å²) in [6.07, 6.45) is 0.456. The summed E-state index contributed by atoms with van der Waals surface area (Å²) in [6.45, 7) is 12.5. The number of nitrogens with two attached hydrogens (primary N) is 1. The zero-order valence-corrected chi connectivity index (χ0v) is 22.9. The lowest BCUT2D eigenvalue weighted by atomic mass is 9.99. The van der Waals surface area contributed by atoms with Gasteiger partial charge in [-0.15, -0.1) is 0 Å². The summed E-state index contributed by atoms with van der Waals surface area (Å²) in [4.78, 5) is 64.2. The summed E-state index contributed by atoms with van der Waals surface area (Å²) in [5.74, 6) is -2.25. The minimum absolute atomic E-state index is 0.00230. The topological polar surface area (TPSA) is 157 Å². The molecule has 0 aromatic heterocycles. The molecule has 4 amide bonds. The fraction of sp³-hybridized carbons (Fsp3) is 0.519. The van der Waals surface area contributed by atoms with E-state index in [0.29, 0.717) is 5.56 Å². The molecule has 0 fully saturated rings. The SMILES string of the molecule is C=Cc1cccc(C(C(=O)NCCC(=O)OCC)N(CC)C(=O)C(CCC(N)=O)NC(=O)OC(C)(C)C)c1. The minimum Gasteiger partial charge on any atom is -0.466 e. The van der Waals surface area contributed by atoms with Crippen LogP contribution < -0.4 is 16.4 Å². The lowest BCUT2D eigenvalue weighted by Gasteiger charge is -2.33. The summed E-state index contributed by atoms with van der Waals surface area (Å²) in [5.41, 5.74) is 5.70. The molecule has 0 bridgehead atoms. The molecule has 1 rings (SSSR count). The molecule has 11 nitrogen and oxygen atoms in total. The first kappa shape index (κ1) is 32.1. The van der Waals surface area contributed by atoms with Crippen LogP contribution in [0.2, 0.25) is 0 Å². The van der Waals surface area contributed by atoms with E-state index in [0.717, 1.165) is 5.56 Å². The third kappa shape index (κ3) is 11.0. The van der Waals surface area contributed by atoms with E-state index < -0.39 is 47.5 Å². The molecule has 38 heavy (non-hydrogen) atoms. The van der Waals surface area contributed by atoms with Crippen LogP contribution in [0.3, 0.4) is 0 Å². The molecule has 4 N–H and O–H groups in total. The third-order valence-corrected chi connectivity index (χ3v) is 5.25. The predicted octanol–water partition coefficient (Wildman–Crippen LogP) is 2.45. The summed E-state index contributed by atoms with van der Waals surface area (Å²) in [5, 5.41) is 5.21. The average molecular weight is 533 g/mol. The molecule has 210 valence electrons. The average Bonchev–Trinajstić information content (AvgIpc) is 2.83. The number of primary amides is 1. The molecule has 0 saturated carbocycles. The van der Waals surface area contributed by atoms with Crippen LogP contribution >= 0.6 is 0 Å². The van der Waals surface area contributed by atoms with E-state index in [-0.39, 0.29) is 39.0 Å². The molecule has 0 heterocycles. The zero-order chi connectivity index (χ0) is 28.9. The first-order valence-electron chi connectivity index (χ1n) is 12.6. The molecule has 11 heteroatoms. The van der Waals surface area contributed by atoms with Gasteiger partial charge in [0.2, 0.25) is 17.7 Å². The van der Waals surface area contributed by atoms with E-state index in [2.05, 4.69) is 17.2 Å². The van der Waals surface area contributed by atoms with Gasteiger partial charge >= 0.3 is 12.1 Å². The van der Waals surface area contributed by atoms with Crippen LogP contribution in [0.5, 0.6) is 0 Å². The number of hydrogen-bond donors (Lipinski definition) is 3. The third-order valence-electron chi connectivity index (χ3n) is 5.25. The molecule has 0 aliphatic carbocycles. The minimum atomic E-state index is -1.19. The van der Waals surface area contributed by atoms with E-state index >= 15 is 0 Å². The molecule has 0 saturated heterocycles. The molecule has 2 atom stereocenters. The second-order valence-corrected chi connectivity index (χ2v) is 9.45. The van der Waals surface area contributed by atoms with Crippen molar-refractivity contribution < 1.29 is 33.4 Å². The lowest BCUT2D eigenvalue weighted by molar-refractivity contribution is -0.144. The Hall–Kier alpha value is -3.89. The van der Waals surface area contributed by atoms with Crippen molar-refractivity contribution in [3.63, 3.8) is 0 Å². The number of amides is 4. The van der Waals surface area contributed by atoms with Crippen LogP contribution in [0.25, 0.3) is 6.08 Å². The number of nitrogens with one attached hydrogen (secondary N) is 2. The monoisotopic (exact) mass is 532 g/mol. The molecular formula is C27H40N4O7. The second kappa shape index (κ2) is 15.4. The molecule has 0 aliphatic heterocycles. The molecule has 0 spiro atoms. The van der Waals surface area contributed by atoms with Crippen molar-refractivity contribution in [2.75, 3.05) is 19.7 Å². The Labute approximate surface area is 224 Å². The van der Waals surface area contributed by atoms with Gasteiger partial charge in [-0.3, -0.25) is 19.2 Å². The summed E-state index contributed by atoms with van der Waals surface area (Å²) >= 11 is 0. The van der Waals surface area contributed by atoms with Crippen molar-refractivity contribution in [3.8, 4) is 0 Å². The van der Waals surface area contributed by atoms with Gasteiger partial charge in [0.1, 0.15) is 17.7 Å². The molecule has 2 unspecified atom stereocenters. The number of carbonyl (C=O) groups excluding carboxylic acids is 5. The van der Waals surface area contributed by atoms with Gasteiger partial charge < -0.3 is 30.7 Å². The van der Waals surface area contributed by atoms with Gasteiger partial charge in [0.25, 0.3) is 0 Å². The first-order chi connectivity index (χ1) is 17.8. The van der Waals surface area contributed by atoms with Crippen molar-refractivity contribution in [3.05, 3.63) is 42.0 Å². The molecule has 1 aromatic carbocycles. The molecule has 0 radical (unpaired) electrons. The van der Waals surface area contributed by atoms with Gasteiger partial charge in [0, 0.05) is 19.5 Å². The number of esters is 1. The highest BCUT2D eigenvalue weighted by atomic mass is 16.6. The highest BCUT2D eigenvalue weighted by molar-refractivity contribution is 5.92. The van der Waals surface area contributed by atoms with Crippen LogP contribution in [-0.2, 0) is 28.7 Å². The summed E-state index contributed by atoms with van der Waals surface area (Å²) in [6, 6.07) is 4.65. The van der Waals surface area contributed by atoms with Crippen molar-refractivity contribution in [2.24, 2.45) is 5.73 Å². The van der Waals surface area contributed by atoms with Crippen LogP contribution in [-0.4, -0.2) is 66.0 Å². The quantitative estimate of drug-likeness (QED) is 0.311. The maximum Gasteiger partial charge on any atom is 0.408 e. The molecular weight excluding hydrogens is 492 g/mol. The Balaban J connectivity index is 3.35. The van der Waals surface area contributed by atoms with Gasteiger partial charge in [-0.2, -0.15) is 0 Å². The van der Waals surface area contributed by atoms with E-state index in [1.54, 1.807) is 65.0 Å². The lowest BCUT2D eigenvalue weighted by Crippen LogP contribution is -2.53. The predicted molar refractivity (Wildman–Crippen MR) is 143 cm³/mol. The number of hydrogen-bond acceptors (Lipinski definition) is 7. The van der Waals surface area contributed by atoms with E-state index in [1.165, 1.54) is 4.90 Å². The van der Waals surface area contributed by atoms with Crippen LogP contribution in [0.4, 0.5) is 4.79 Å². The van der Waals surface area contributed by atoms with Crippen molar-refractivity contribution >= 4 is 35.9 Å². The van der Waals surface area contributed by atoms with Crippen molar-refractivity contribution in [1.29, 1.82) is 0 Å². The van der Waals surface area contributed by atoms with E-state index in [1.807, 2.05) is 0 Å². The second-order valence-electron chi connectivity index (χ2n) is 9.45. The first-order valence-corrected chi connectivity index (χ1v) is 12.6. The fourth-order valence-corrected chi connectivity index (χ4v) is 3.61. The largest absolute Gasteiger partial charge is 0.466 e. The Morgan fingerprint density at radius 1 is 1.13 bits per heavy atom. The maximum absolute atomic E-state index is 13.8. The Bertz CT molecular complexity index is 1000.